The fraction of sp³-hybridized carbons (Fsp3) is 0.312. The molecule has 1 aromatic carbocycles. The van der Waals surface area contributed by atoms with Gasteiger partial charge in [-0.3, -0.25) is 5.41 Å². The highest BCUT2D eigenvalue weighted by atomic mass is 32.2. The molecule has 110 valence electrons. The molecule has 0 bridgehead atoms. The molecule has 0 radical (unpaired) electrons. The average molecular weight is 300 g/mol. The molecule has 0 spiro atoms. The topological polar surface area (TPSA) is 75.7 Å². The SMILES string of the molecule is Cc1nc(SC(CC(=N)N)c2ccccc2)nc(C)c1C. The Morgan fingerprint density at radius 2 is 1.71 bits per heavy atom. The lowest BCUT2D eigenvalue weighted by molar-refractivity contribution is 0.868. The lowest BCUT2D eigenvalue weighted by atomic mass is 10.1. The molecule has 5 heteroatoms. The van der Waals surface area contributed by atoms with Gasteiger partial charge in [-0.1, -0.05) is 42.1 Å². The van der Waals surface area contributed by atoms with E-state index in [1.807, 2.05) is 39.0 Å². The zero-order valence-electron chi connectivity index (χ0n) is 12.6. The molecule has 4 nitrogen and oxygen atoms in total. The molecular weight excluding hydrogens is 280 g/mol. The van der Waals surface area contributed by atoms with Crippen molar-refractivity contribution in [3.8, 4) is 0 Å². The number of benzene rings is 1. The molecule has 0 aliphatic heterocycles. The van der Waals surface area contributed by atoms with Crippen LogP contribution in [0.1, 0.15) is 34.2 Å². The Hall–Kier alpha value is -1.88. The van der Waals surface area contributed by atoms with Crippen molar-refractivity contribution in [3.05, 3.63) is 52.8 Å². The zero-order valence-corrected chi connectivity index (χ0v) is 13.4. The molecule has 0 saturated heterocycles. The first kappa shape index (κ1) is 15.5. The molecule has 0 fully saturated rings. The summed E-state index contributed by atoms with van der Waals surface area (Å²) in [6, 6.07) is 10.1. The van der Waals surface area contributed by atoms with E-state index in [2.05, 4.69) is 22.1 Å². The maximum absolute atomic E-state index is 7.58. The number of thioether (sulfide) groups is 1. The minimum absolute atomic E-state index is 0.0604. The lowest BCUT2D eigenvalue weighted by Crippen LogP contribution is -2.13. The van der Waals surface area contributed by atoms with Gasteiger partial charge in [-0.15, -0.1) is 0 Å². The summed E-state index contributed by atoms with van der Waals surface area (Å²) in [5, 5.41) is 8.38. The van der Waals surface area contributed by atoms with Gasteiger partial charge < -0.3 is 5.73 Å². The van der Waals surface area contributed by atoms with Crippen molar-refractivity contribution >= 4 is 17.6 Å². The Morgan fingerprint density at radius 1 is 1.14 bits per heavy atom. The Kier molecular flexibility index (Phi) is 4.96. The Morgan fingerprint density at radius 3 is 2.24 bits per heavy atom. The summed E-state index contributed by atoms with van der Waals surface area (Å²) in [4.78, 5) is 9.09. The second-order valence-electron chi connectivity index (χ2n) is 5.05. The molecule has 0 amide bonds. The molecule has 1 atom stereocenters. The van der Waals surface area contributed by atoms with Crippen molar-refractivity contribution in [3.63, 3.8) is 0 Å². The van der Waals surface area contributed by atoms with Gasteiger partial charge in [0.25, 0.3) is 0 Å². The summed E-state index contributed by atoms with van der Waals surface area (Å²) in [7, 11) is 0. The molecule has 0 saturated carbocycles. The van der Waals surface area contributed by atoms with Crippen molar-refractivity contribution in [2.75, 3.05) is 0 Å². The predicted octanol–water partition coefficient (Wildman–Crippen LogP) is 3.56. The van der Waals surface area contributed by atoms with Crippen LogP contribution in [-0.4, -0.2) is 15.8 Å². The van der Waals surface area contributed by atoms with E-state index in [-0.39, 0.29) is 11.1 Å². The smallest absolute Gasteiger partial charge is 0.188 e. The standard InChI is InChI=1S/C16H20N4S/c1-10-11(2)19-16(20-12(10)3)21-14(9-15(17)18)13-7-5-4-6-8-13/h4-8,14H,9H2,1-3H3,(H3,17,18). The number of aromatic nitrogens is 2. The normalized spacial score (nSPS) is 12.1. The van der Waals surface area contributed by atoms with Crippen LogP contribution >= 0.6 is 11.8 Å². The van der Waals surface area contributed by atoms with E-state index >= 15 is 0 Å². The van der Waals surface area contributed by atoms with Gasteiger partial charge in [0.2, 0.25) is 0 Å². The summed E-state index contributed by atoms with van der Waals surface area (Å²) in [5.41, 5.74) is 9.86. The van der Waals surface area contributed by atoms with E-state index < -0.39 is 0 Å². The van der Waals surface area contributed by atoms with Crippen LogP contribution in [0, 0.1) is 26.2 Å². The van der Waals surface area contributed by atoms with Gasteiger partial charge in [-0.25, -0.2) is 9.97 Å². The quantitative estimate of drug-likeness (QED) is 0.383. The first-order valence-electron chi connectivity index (χ1n) is 6.83. The summed E-state index contributed by atoms with van der Waals surface area (Å²) in [5.74, 6) is 0.178. The number of amidine groups is 1. The van der Waals surface area contributed by atoms with E-state index in [4.69, 9.17) is 11.1 Å². The van der Waals surface area contributed by atoms with Crippen molar-refractivity contribution in [2.24, 2.45) is 5.73 Å². The number of rotatable bonds is 5. The molecule has 2 rings (SSSR count). The Balaban J connectivity index is 2.29. The van der Waals surface area contributed by atoms with Crippen LogP contribution in [0.15, 0.2) is 35.5 Å². The van der Waals surface area contributed by atoms with Gasteiger partial charge in [0.05, 0.1) is 5.84 Å². The van der Waals surface area contributed by atoms with Gasteiger partial charge in [-0.2, -0.15) is 0 Å². The third-order valence-electron chi connectivity index (χ3n) is 3.44. The maximum Gasteiger partial charge on any atom is 0.188 e. The molecule has 0 aliphatic carbocycles. The Labute approximate surface area is 129 Å². The van der Waals surface area contributed by atoms with Gasteiger partial charge in [-0.05, 0) is 31.9 Å². The number of nitrogens with one attached hydrogen (secondary N) is 1. The second kappa shape index (κ2) is 6.72. The molecule has 1 heterocycles. The number of nitrogens with zero attached hydrogens (tertiary/aromatic N) is 2. The maximum atomic E-state index is 7.58. The van der Waals surface area contributed by atoms with Crippen LogP contribution in [0.25, 0.3) is 0 Å². The van der Waals surface area contributed by atoms with Crippen molar-refractivity contribution < 1.29 is 0 Å². The molecule has 1 unspecified atom stereocenters. The monoisotopic (exact) mass is 300 g/mol. The lowest BCUT2D eigenvalue weighted by Gasteiger charge is -2.16. The summed E-state index contributed by atoms with van der Waals surface area (Å²) in [6.45, 7) is 6.02. The minimum Gasteiger partial charge on any atom is -0.388 e. The summed E-state index contributed by atoms with van der Waals surface area (Å²) < 4.78 is 0. The van der Waals surface area contributed by atoms with E-state index in [1.54, 1.807) is 11.8 Å². The Bertz CT molecular complexity index is 617. The predicted molar refractivity (Wildman–Crippen MR) is 87.8 cm³/mol. The fourth-order valence-corrected chi connectivity index (χ4v) is 3.21. The van der Waals surface area contributed by atoms with E-state index in [9.17, 15) is 0 Å². The molecule has 1 aromatic heterocycles. The number of hydrogen-bond acceptors (Lipinski definition) is 4. The second-order valence-corrected chi connectivity index (χ2v) is 6.22. The molecule has 21 heavy (non-hydrogen) atoms. The number of hydrogen-bond donors (Lipinski definition) is 2. The molecule has 2 aromatic rings. The number of nitrogens with two attached hydrogens (primary N) is 1. The van der Waals surface area contributed by atoms with Crippen LogP contribution in [0.3, 0.4) is 0 Å². The molecular formula is C16H20N4S. The highest BCUT2D eigenvalue weighted by Gasteiger charge is 2.17. The van der Waals surface area contributed by atoms with Crippen LogP contribution in [0.2, 0.25) is 0 Å². The van der Waals surface area contributed by atoms with Gasteiger partial charge in [0.15, 0.2) is 5.16 Å². The highest BCUT2D eigenvalue weighted by Crippen LogP contribution is 2.36. The van der Waals surface area contributed by atoms with E-state index in [0.717, 1.165) is 27.7 Å². The van der Waals surface area contributed by atoms with Gasteiger partial charge in [0, 0.05) is 23.1 Å². The fourth-order valence-electron chi connectivity index (χ4n) is 2.02. The van der Waals surface area contributed by atoms with Crippen molar-refractivity contribution in [1.29, 1.82) is 5.41 Å². The number of aryl methyl sites for hydroxylation is 2. The summed E-state index contributed by atoms with van der Waals surface area (Å²) >= 11 is 1.56. The third kappa shape index (κ3) is 4.04. The minimum atomic E-state index is 0.0604. The van der Waals surface area contributed by atoms with E-state index in [1.165, 1.54) is 0 Å². The first-order valence-corrected chi connectivity index (χ1v) is 7.71. The van der Waals surface area contributed by atoms with Crippen LogP contribution < -0.4 is 5.73 Å². The van der Waals surface area contributed by atoms with Crippen molar-refractivity contribution in [1.82, 2.24) is 9.97 Å². The van der Waals surface area contributed by atoms with Crippen molar-refractivity contribution in [2.45, 2.75) is 37.6 Å². The van der Waals surface area contributed by atoms with Crippen LogP contribution in [0.5, 0.6) is 0 Å². The zero-order chi connectivity index (χ0) is 15.4. The summed E-state index contributed by atoms with van der Waals surface area (Å²) in [6.07, 6.45) is 0.490. The van der Waals surface area contributed by atoms with E-state index in [0.29, 0.717) is 6.42 Å². The molecule has 3 N–H and O–H groups in total. The molecule has 0 aliphatic rings. The van der Waals surface area contributed by atoms with Gasteiger partial charge >= 0.3 is 0 Å². The average Bonchev–Trinajstić information content (AvgIpc) is 2.44. The van der Waals surface area contributed by atoms with Gasteiger partial charge in [0.1, 0.15) is 0 Å². The third-order valence-corrected chi connectivity index (χ3v) is 4.55. The first-order chi connectivity index (χ1) is 9.97. The highest BCUT2D eigenvalue weighted by molar-refractivity contribution is 7.99. The van der Waals surface area contributed by atoms with Crippen LogP contribution in [0.4, 0.5) is 0 Å². The largest absolute Gasteiger partial charge is 0.388 e. The van der Waals surface area contributed by atoms with Crippen LogP contribution in [-0.2, 0) is 0 Å².